The van der Waals surface area contributed by atoms with E-state index in [2.05, 4.69) is 40.5 Å². The van der Waals surface area contributed by atoms with Crippen molar-refractivity contribution in [2.45, 2.75) is 46.6 Å². The highest BCUT2D eigenvalue weighted by atomic mass is 32.1. The molecule has 10 heteroatoms. The summed E-state index contributed by atoms with van der Waals surface area (Å²) in [4.78, 5) is 15.9. The molecule has 0 unspecified atom stereocenters. The fourth-order valence-electron chi connectivity index (χ4n) is 3.85. The van der Waals surface area contributed by atoms with Crippen LogP contribution in [-0.4, -0.2) is 52.6 Å². The largest absolute Gasteiger partial charge is 0.488 e. The topological polar surface area (TPSA) is 97.6 Å². The van der Waals surface area contributed by atoms with E-state index in [4.69, 9.17) is 18.9 Å². The molecule has 2 aromatic heterocycles. The molecule has 0 saturated carbocycles. The van der Waals surface area contributed by atoms with Crippen LogP contribution in [0.15, 0.2) is 54.6 Å². The molecule has 0 amide bonds. The van der Waals surface area contributed by atoms with Gasteiger partial charge in [-0.2, -0.15) is 0 Å². The normalized spacial score (nSPS) is 11.9. The Morgan fingerprint density at radius 2 is 1.76 bits per heavy atom. The van der Waals surface area contributed by atoms with Gasteiger partial charge < -0.3 is 18.9 Å². The second-order valence-corrected chi connectivity index (χ2v) is 9.67. The van der Waals surface area contributed by atoms with Crippen molar-refractivity contribution in [3.05, 3.63) is 70.6 Å². The Balaban J connectivity index is 1.36. The molecule has 2 aromatic carbocycles. The lowest BCUT2D eigenvalue weighted by molar-refractivity contribution is -0.156. The maximum atomic E-state index is 12.1. The third kappa shape index (κ3) is 7.03. The smallest absolute Gasteiger partial charge is 0.335 e. The number of hydrogen-bond donors (Lipinski definition) is 0. The van der Waals surface area contributed by atoms with Gasteiger partial charge in [-0.1, -0.05) is 36.4 Å². The van der Waals surface area contributed by atoms with Crippen molar-refractivity contribution in [3.8, 4) is 27.6 Å². The predicted molar refractivity (Wildman–Crippen MR) is 145 cm³/mol. The molecule has 0 radical (unpaired) electrons. The van der Waals surface area contributed by atoms with Crippen LogP contribution in [0.5, 0.6) is 5.75 Å². The summed E-state index contributed by atoms with van der Waals surface area (Å²) >= 11 is 1.71. The Kier molecular flexibility index (Phi) is 9.58. The molecule has 0 bridgehead atoms. The number of carbonyl (C=O) groups is 1. The van der Waals surface area contributed by atoms with Crippen LogP contribution in [0.25, 0.3) is 21.8 Å². The maximum Gasteiger partial charge on any atom is 0.335 e. The van der Waals surface area contributed by atoms with Gasteiger partial charge in [-0.05, 0) is 60.9 Å². The molecule has 0 aliphatic rings. The number of methoxy groups -OCH3 is 1. The predicted octanol–water partition coefficient (Wildman–Crippen LogP) is 5.07. The second kappa shape index (κ2) is 13.3. The van der Waals surface area contributed by atoms with E-state index in [1.807, 2.05) is 43.3 Å². The van der Waals surface area contributed by atoms with Gasteiger partial charge in [0.25, 0.3) is 0 Å². The molecule has 0 spiro atoms. The van der Waals surface area contributed by atoms with Gasteiger partial charge >= 0.3 is 5.97 Å². The first-order valence-corrected chi connectivity index (χ1v) is 13.3. The minimum absolute atomic E-state index is 0.262. The van der Waals surface area contributed by atoms with Crippen molar-refractivity contribution in [1.82, 2.24) is 20.2 Å². The van der Waals surface area contributed by atoms with Crippen LogP contribution in [0.2, 0.25) is 0 Å². The van der Waals surface area contributed by atoms with Crippen molar-refractivity contribution in [1.29, 1.82) is 0 Å². The molecule has 2 heterocycles. The van der Waals surface area contributed by atoms with E-state index in [-0.39, 0.29) is 12.7 Å². The summed E-state index contributed by atoms with van der Waals surface area (Å²) in [5.41, 5.74) is 4.18. The third-order valence-electron chi connectivity index (χ3n) is 5.78. The molecule has 0 saturated heterocycles. The molecule has 0 aliphatic heterocycles. The first kappa shape index (κ1) is 27.4. The average molecular weight is 537 g/mol. The second-order valence-electron chi connectivity index (χ2n) is 8.53. The van der Waals surface area contributed by atoms with Crippen LogP contribution in [-0.2, 0) is 38.8 Å². The molecular formula is C28H32N4O5S. The molecule has 200 valence electrons. The molecule has 1 atom stereocenters. The van der Waals surface area contributed by atoms with Gasteiger partial charge in [0.2, 0.25) is 5.82 Å². The van der Waals surface area contributed by atoms with Crippen LogP contribution in [0.4, 0.5) is 0 Å². The summed E-state index contributed by atoms with van der Waals surface area (Å²) in [6.45, 7) is 7.28. The molecule has 9 nitrogen and oxygen atoms in total. The van der Waals surface area contributed by atoms with Crippen molar-refractivity contribution in [2.75, 3.05) is 20.3 Å². The highest BCUT2D eigenvalue weighted by molar-refractivity contribution is 7.15. The summed E-state index contributed by atoms with van der Waals surface area (Å²) < 4.78 is 21.8. The number of rotatable bonds is 13. The van der Waals surface area contributed by atoms with Crippen LogP contribution in [0.1, 0.15) is 29.9 Å². The zero-order valence-corrected chi connectivity index (χ0v) is 22.9. The average Bonchev–Trinajstić information content (AvgIpc) is 3.55. The Hall–Kier alpha value is -3.60. The van der Waals surface area contributed by atoms with E-state index in [1.165, 1.54) is 15.2 Å². The summed E-state index contributed by atoms with van der Waals surface area (Å²) in [5, 5.41) is 12.4. The van der Waals surface area contributed by atoms with Gasteiger partial charge in [0.15, 0.2) is 12.8 Å². The Bertz CT molecular complexity index is 1320. The van der Waals surface area contributed by atoms with Crippen molar-refractivity contribution in [3.63, 3.8) is 0 Å². The highest BCUT2D eigenvalue weighted by Crippen LogP contribution is 2.33. The quantitative estimate of drug-likeness (QED) is 0.219. The number of aromatic nitrogens is 4. The number of aryl methyl sites for hydroxylation is 1. The first-order chi connectivity index (χ1) is 18.5. The third-order valence-corrected chi connectivity index (χ3v) is 7.04. The highest BCUT2D eigenvalue weighted by Gasteiger charge is 2.20. The van der Waals surface area contributed by atoms with Crippen LogP contribution < -0.4 is 4.74 Å². The number of carbonyl (C=O) groups excluding carboxylic acids is 1. The number of nitrogens with zero attached hydrogens (tertiary/aromatic N) is 4. The van der Waals surface area contributed by atoms with Gasteiger partial charge in [0.05, 0.1) is 6.61 Å². The molecule has 38 heavy (non-hydrogen) atoms. The minimum Gasteiger partial charge on any atom is -0.488 e. The Morgan fingerprint density at radius 1 is 1.03 bits per heavy atom. The monoisotopic (exact) mass is 536 g/mol. The Labute approximate surface area is 226 Å². The van der Waals surface area contributed by atoms with Gasteiger partial charge in [0.1, 0.15) is 12.4 Å². The molecule has 4 aromatic rings. The fraction of sp³-hybridized carbons (Fsp3) is 0.357. The van der Waals surface area contributed by atoms with Crippen molar-refractivity contribution >= 4 is 17.3 Å². The maximum absolute atomic E-state index is 12.1. The van der Waals surface area contributed by atoms with Gasteiger partial charge in [-0.3, -0.25) is 0 Å². The number of esters is 1. The summed E-state index contributed by atoms with van der Waals surface area (Å²) in [6, 6.07) is 18.0. The number of hydrogen-bond acceptors (Lipinski definition) is 9. The van der Waals surface area contributed by atoms with Gasteiger partial charge in [-0.25, -0.2) is 4.79 Å². The number of ether oxygens (including phenoxy) is 4. The van der Waals surface area contributed by atoms with E-state index in [1.54, 1.807) is 25.4 Å². The van der Waals surface area contributed by atoms with E-state index < -0.39 is 6.10 Å². The zero-order chi connectivity index (χ0) is 26.9. The van der Waals surface area contributed by atoms with E-state index in [0.29, 0.717) is 32.1 Å². The number of thiophene rings is 1. The Morgan fingerprint density at radius 3 is 2.45 bits per heavy atom. The summed E-state index contributed by atoms with van der Waals surface area (Å²) in [7, 11) is 1.59. The standard InChI is InChI=1S/C28H32N4O5S/c1-5-35-24(28(33)36-6-2)16-20-7-13-23(14-8-20)37-17-26-19(3)15-25(38-26)21-9-11-22(12-10-21)27-29-31-32(30-27)18-34-4/h7-15,24H,5-6,16-18H2,1-4H3/t24-/m0/s1. The first-order valence-electron chi connectivity index (χ1n) is 12.5. The molecule has 4 rings (SSSR count). The van der Waals surface area contributed by atoms with E-state index in [9.17, 15) is 4.79 Å². The molecule has 0 fully saturated rings. The summed E-state index contributed by atoms with van der Waals surface area (Å²) in [6.07, 6.45) is -0.144. The van der Waals surface area contributed by atoms with Crippen molar-refractivity contribution in [2.24, 2.45) is 0 Å². The lowest BCUT2D eigenvalue weighted by atomic mass is 10.1. The minimum atomic E-state index is -0.603. The van der Waals surface area contributed by atoms with E-state index >= 15 is 0 Å². The van der Waals surface area contributed by atoms with E-state index in [0.717, 1.165) is 27.3 Å². The molecular weight excluding hydrogens is 504 g/mol. The molecule has 0 N–H and O–H groups in total. The van der Waals surface area contributed by atoms with Crippen LogP contribution in [0.3, 0.4) is 0 Å². The van der Waals surface area contributed by atoms with Gasteiger partial charge in [-0.15, -0.1) is 26.3 Å². The lowest BCUT2D eigenvalue weighted by Gasteiger charge is -2.15. The fourth-order valence-corrected chi connectivity index (χ4v) is 4.94. The SMILES string of the molecule is CCOC(=O)[C@H](Cc1ccc(OCc2sc(-c3ccc(-c4nnn(COC)n4)cc3)cc2C)cc1)OCC. The van der Waals surface area contributed by atoms with Crippen LogP contribution in [0, 0.1) is 6.92 Å². The number of benzene rings is 2. The lowest BCUT2D eigenvalue weighted by Crippen LogP contribution is -2.28. The van der Waals surface area contributed by atoms with Crippen LogP contribution >= 0.6 is 11.3 Å². The van der Waals surface area contributed by atoms with Crippen molar-refractivity contribution < 1.29 is 23.7 Å². The molecule has 0 aliphatic carbocycles. The summed E-state index contributed by atoms with van der Waals surface area (Å²) in [5.74, 6) is 0.996. The number of tetrazole rings is 1. The van der Waals surface area contributed by atoms with Gasteiger partial charge in [0, 0.05) is 35.5 Å². The zero-order valence-electron chi connectivity index (χ0n) is 22.0.